The van der Waals surface area contributed by atoms with Gasteiger partial charge in [-0.1, -0.05) is 29.3 Å². The van der Waals surface area contributed by atoms with E-state index >= 15 is 0 Å². The number of unbranched alkanes of at least 4 members (excludes halogenated alkanes) is 1. The summed E-state index contributed by atoms with van der Waals surface area (Å²) in [5.41, 5.74) is 0.665. The molecule has 0 aliphatic rings. The molecule has 0 aliphatic heterocycles. The second kappa shape index (κ2) is 7.23. The van der Waals surface area contributed by atoms with Crippen molar-refractivity contribution in [2.24, 2.45) is 0 Å². The van der Waals surface area contributed by atoms with E-state index in [9.17, 15) is 4.79 Å². The van der Waals surface area contributed by atoms with Gasteiger partial charge in [0.25, 0.3) is 0 Å². The van der Waals surface area contributed by atoms with Crippen LogP contribution in [0.2, 0.25) is 0 Å². The number of allylic oxidation sites excluding steroid dienone is 1. The van der Waals surface area contributed by atoms with Crippen LogP contribution >= 0.6 is 15.9 Å². The van der Waals surface area contributed by atoms with Crippen LogP contribution in [0.1, 0.15) is 30.1 Å². The molecule has 0 unspecified atom stereocenters. The van der Waals surface area contributed by atoms with Crippen LogP contribution in [0.3, 0.4) is 0 Å². The van der Waals surface area contributed by atoms with E-state index in [-0.39, 0.29) is 5.78 Å². The van der Waals surface area contributed by atoms with Crippen molar-refractivity contribution in [1.82, 2.24) is 0 Å². The Morgan fingerprint density at radius 2 is 2.06 bits per heavy atom. The van der Waals surface area contributed by atoms with Crippen LogP contribution in [0, 0.1) is 0 Å². The monoisotopic (exact) mass is 282 g/mol. The molecule has 0 saturated heterocycles. The van der Waals surface area contributed by atoms with Crippen LogP contribution in [-0.4, -0.2) is 12.4 Å². The molecule has 1 aromatic carbocycles. The number of ketones is 1. The van der Waals surface area contributed by atoms with Crippen molar-refractivity contribution in [3.63, 3.8) is 0 Å². The molecule has 16 heavy (non-hydrogen) atoms. The zero-order valence-corrected chi connectivity index (χ0v) is 10.9. The Labute approximate surface area is 104 Å². The molecular formula is C13H15BrO2. The van der Waals surface area contributed by atoms with Gasteiger partial charge in [0, 0.05) is 16.1 Å². The van der Waals surface area contributed by atoms with Gasteiger partial charge in [-0.15, -0.1) is 0 Å². The van der Waals surface area contributed by atoms with E-state index in [1.807, 2.05) is 12.1 Å². The first kappa shape index (κ1) is 13.0. The third-order valence-corrected chi connectivity index (χ3v) is 2.59. The summed E-state index contributed by atoms with van der Waals surface area (Å²) >= 11 is 3.32. The number of halogens is 1. The van der Waals surface area contributed by atoms with Crippen LogP contribution in [0.25, 0.3) is 0 Å². The molecule has 0 saturated carbocycles. The molecule has 86 valence electrons. The number of benzene rings is 1. The van der Waals surface area contributed by atoms with Crippen LogP contribution in [-0.2, 0) is 4.74 Å². The fraction of sp³-hybridized carbons (Fsp3) is 0.308. The molecule has 0 radical (unpaired) electrons. The average molecular weight is 283 g/mol. The Morgan fingerprint density at radius 1 is 1.38 bits per heavy atom. The van der Waals surface area contributed by atoms with E-state index in [0.29, 0.717) is 12.2 Å². The van der Waals surface area contributed by atoms with Crippen molar-refractivity contribution in [1.29, 1.82) is 0 Å². The van der Waals surface area contributed by atoms with E-state index in [4.69, 9.17) is 4.74 Å². The van der Waals surface area contributed by atoms with Gasteiger partial charge in [-0.25, -0.2) is 0 Å². The van der Waals surface area contributed by atoms with Crippen molar-refractivity contribution < 1.29 is 9.53 Å². The van der Waals surface area contributed by atoms with Crippen LogP contribution in [0.15, 0.2) is 41.1 Å². The fourth-order valence-electron chi connectivity index (χ4n) is 1.12. The van der Waals surface area contributed by atoms with E-state index in [2.05, 4.69) is 22.9 Å². The molecule has 0 atom stereocenters. The summed E-state index contributed by atoms with van der Waals surface area (Å²) in [6.07, 6.45) is 5.03. The Hall–Kier alpha value is -1.09. The third-order valence-electron chi connectivity index (χ3n) is 2.06. The summed E-state index contributed by atoms with van der Waals surface area (Å²) in [6, 6.07) is 7.25. The minimum absolute atomic E-state index is 0.0380. The minimum atomic E-state index is -0.0380. The molecule has 0 amide bonds. The van der Waals surface area contributed by atoms with Crippen molar-refractivity contribution in [2.45, 2.75) is 19.8 Å². The smallest absolute Gasteiger partial charge is 0.188 e. The summed E-state index contributed by atoms with van der Waals surface area (Å²) in [5, 5.41) is 0. The molecule has 1 rings (SSSR count). The third kappa shape index (κ3) is 4.62. The van der Waals surface area contributed by atoms with Gasteiger partial charge in [0.15, 0.2) is 5.78 Å². The average Bonchev–Trinajstić information content (AvgIpc) is 2.29. The number of carbonyl (C=O) groups excluding carboxylic acids is 1. The number of hydrogen-bond acceptors (Lipinski definition) is 2. The first-order valence-corrected chi connectivity index (χ1v) is 6.11. The molecule has 0 fully saturated rings. The standard InChI is InChI=1S/C13H15BrO2/c1-2-3-9-16-10-8-13(15)11-4-6-12(14)7-5-11/h4-8,10H,2-3,9H2,1H3/b10-8+. The predicted molar refractivity (Wildman–Crippen MR) is 68.5 cm³/mol. The highest BCUT2D eigenvalue weighted by molar-refractivity contribution is 9.10. The number of ether oxygens (including phenoxy) is 1. The largest absolute Gasteiger partial charge is 0.501 e. The highest BCUT2D eigenvalue weighted by atomic mass is 79.9. The summed E-state index contributed by atoms with van der Waals surface area (Å²) in [7, 11) is 0. The molecule has 3 heteroatoms. The van der Waals surface area contributed by atoms with Gasteiger partial charge in [-0.2, -0.15) is 0 Å². The predicted octanol–water partition coefficient (Wildman–Crippen LogP) is 3.96. The summed E-state index contributed by atoms with van der Waals surface area (Å²) in [4.78, 5) is 11.6. The van der Waals surface area contributed by atoms with Crippen molar-refractivity contribution in [3.8, 4) is 0 Å². The van der Waals surface area contributed by atoms with Crippen LogP contribution < -0.4 is 0 Å². The maximum atomic E-state index is 11.6. The molecule has 0 aliphatic carbocycles. The lowest BCUT2D eigenvalue weighted by molar-refractivity contribution is 0.104. The molecular weight excluding hydrogens is 268 g/mol. The molecule has 0 N–H and O–H groups in total. The molecule has 0 heterocycles. The number of carbonyl (C=O) groups is 1. The highest BCUT2D eigenvalue weighted by Crippen LogP contribution is 2.11. The second-order valence-corrected chi connectivity index (χ2v) is 4.31. The van der Waals surface area contributed by atoms with Crippen LogP contribution in [0.5, 0.6) is 0 Å². The van der Waals surface area contributed by atoms with Gasteiger partial charge in [-0.3, -0.25) is 4.79 Å². The Kier molecular flexibility index (Phi) is 5.86. The first-order valence-electron chi connectivity index (χ1n) is 5.32. The van der Waals surface area contributed by atoms with E-state index < -0.39 is 0 Å². The Bertz CT molecular complexity index is 355. The Balaban J connectivity index is 2.43. The molecule has 0 spiro atoms. The maximum Gasteiger partial charge on any atom is 0.188 e. The van der Waals surface area contributed by atoms with Gasteiger partial charge in [0.2, 0.25) is 0 Å². The number of hydrogen-bond donors (Lipinski definition) is 0. The van der Waals surface area contributed by atoms with Gasteiger partial charge in [0.05, 0.1) is 12.9 Å². The first-order chi connectivity index (χ1) is 7.74. The quantitative estimate of drug-likeness (QED) is 0.342. The lowest BCUT2D eigenvalue weighted by Crippen LogP contribution is -1.94. The van der Waals surface area contributed by atoms with Crippen molar-refractivity contribution in [3.05, 3.63) is 46.6 Å². The van der Waals surface area contributed by atoms with Gasteiger partial charge < -0.3 is 4.74 Å². The molecule has 0 bridgehead atoms. The van der Waals surface area contributed by atoms with E-state index in [1.54, 1.807) is 12.1 Å². The summed E-state index contributed by atoms with van der Waals surface area (Å²) in [6.45, 7) is 2.76. The topological polar surface area (TPSA) is 26.3 Å². The zero-order valence-electron chi connectivity index (χ0n) is 9.28. The Morgan fingerprint density at radius 3 is 2.69 bits per heavy atom. The normalized spacial score (nSPS) is 10.6. The lowest BCUT2D eigenvalue weighted by atomic mass is 10.1. The van der Waals surface area contributed by atoms with Gasteiger partial charge >= 0.3 is 0 Å². The highest BCUT2D eigenvalue weighted by Gasteiger charge is 2.00. The van der Waals surface area contributed by atoms with E-state index in [1.165, 1.54) is 12.3 Å². The van der Waals surface area contributed by atoms with Crippen LogP contribution in [0.4, 0.5) is 0 Å². The minimum Gasteiger partial charge on any atom is -0.501 e. The zero-order chi connectivity index (χ0) is 11.8. The molecule has 2 nitrogen and oxygen atoms in total. The SMILES string of the molecule is CCCCO/C=C/C(=O)c1ccc(Br)cc1. The maximum absolute atomic E-state index is 11.6. The number of rotatable bonds is 6. The summed E-state index contributed by atoms with van der Waals surface area (Å²) < 4.78 is 6.14. The molecule has 0 aromatic heterocycles. The van der Waals surface area contributed by atoms with Gasteiger partial charge in [-0.05, 0) is 30.7 Å². The van der Waals surface area contributed by atoms with Gasteiger partial charge in [0.1, 0.15) is 0 Å². The van der Waals surface area contributed by atoms with Crippen molar-refractivity contribution in [2.75, 3.05) is 6.61 Å². The lowest BCUT2D eigenvalue weighted by Gasteiger charge is -1.98. The van der Waals surface area contributed by atoms with Crippen molar-refractivity contribution >= 4 is 21.7 Å². The summed E-state index contributed by atoms with van der Waals surface area (Å²) in [5.74, 6) is -0.0380. The van der Waals surface area contributed by atoms with E-state index in [0.717, 1.165) is 17.3 Å². The second-order valence-electron chi connectivity index (χ2n) is 3.40. The fourth-order valence-corrected chi connectivity index (χ4v) is 1.38. The molecule has 1 aromatic rings.